The zero-order chi connectivity index (χ0) is 13.2. The zero-order valence-electron chi connectivity index (χ0n) is 10.6. The summed E-state index contributed by atoms with van der Waals surface area (Å²) in [6.07, 6.45) is 4.34. The Hall–Kier alpha value is -1.82. The smallest absolute Gasteiger partial charge is 0.265 e. The summed E-state index contributed by atoms with van der Waals surface area (Å²) in [6.45, 7) is 3.42. The van der Waals surface area contributed by atoms with E-state index in [-0.39, 0.29) is 11.8 Å². The molecule has 1 fully saturated rings. The lowest BCUT2D eigenvalue weighted by atomic mass is 10.1. The van der Waals surface area contributed by atoms with E-state index in [1.165, 1.54) is 11.3 Å². The summed E-state index contributed by atoms with van der Waals surface area (Å²) in [5.41, 5.74) is 2.65. The molecule has 5 nitrogen and oxygen atoms in total. The van der Waals surface area contributed by atoms with E-state index in [2.05, 4.69) is 15.0 Å². The van der Waals surface area contributed by atoms with E-state index in [1.54, 1.807) is 17.9 Å². The fourth-order valence-electron chi connectivity index (χ4n) is 2.30. The van der Waals surface area contributed by atoms with Crippen LogP contribution in [0.15, 0.2) is 24.0 Å². The van der Waals surface area contributed by atoms with Crippen molar-refractivity contribution in [3.8, 4) is 0 Å². The number of aryl methyl sites for hydroxylation is 1. The Labute approximate surface area is 115 Å². The average Bonchev–Trinajstić information content (AvgIpc) is 3.10. The van der Waals surface area contributed by atoms with E-state index in [4.69, 9.17) is 0 Å². The molecular weight excluding hydrogens is 260 g/mol. The highest BCUT2D eigenvalue weighted by molar-refractivity contribution is 7.11. The number of hydrogen-bond acceptors (Lipinski definition) is 5. The van der Waals surface area contributed by atoms with Crippen LogP contribution in [0.5, 0.6) is 0 Å². The molecule has 2 aromatic rings. The zero-order valence-corrected chi connectivity index (χ0v) is 11.4. The fourth-order valence-corrected chi connectivity index (χ4v) is 2.88. The molecule has 3 heterocycles. The number of carbonyl (C=O) groups is 1. The summed E-state index contributed by atoms with van der Waals surface area (Å²) in [4.78, 5) is 27.5. The second-order valence-corrected chi connectivity index (χ2v) is 5.55. The first-order valence-corrected chi connectivity index (χ1v) is 7.09. The summed E-state index contributed by atoms with van der Waals surface area (Å²) in [5, 5.41) is 0. The van der Waals surface area contributed by atoms with E-state index in [1.807, 2.05) is 17.9 Å². The van der Waals surface area contributed by atoms with Crippen LogP contribution in [0.2, 0.25) is 0 Å². The monoisotopic (exact) mass is 274 g/mol. The number of nitrogens with zero attached hydrogens (tertiary/aromatic N) is 4. The lowest BCUT2D eigenvalue weighted by molar-refractivity contribution is 0.0795. The van der Waals surface area contributed by atoms with Crippen LogP contribution in [0.1, 0.15) is 33.5 Å². The van der Waals surface area contributed by atoms with E-state index < -0.39 is 0 Å². The van der Waals surface area contributed by atoms with Gasteiger partial charge < -0.3 is 4.90 Å². The second-order valence-electron chi connectivity index (χ2n) is 4.66. The van der Waals surface area contributed by atoms with Crippen molar-refractivity contribution in [3.63, 3.8) is 0 Å². The Bertz CT molecular complexity index is 584. The van der Waals surface area contributed by atoms with Crippen molar-refractivity contribution in [2.45, 2.75) is 19.3 Å². The molecule has 1 aliphatic heterocycles. The lowest BCUT2D eigenvalue weighted by Crippen LogP contribution is -2.27. The average molecular weight is 274 g/mol. The molecule has 19 heavy (non-hydrogen) atoms. The van der Waals surface area contributed by atoms with E-state index >= 15 is 0 Å². The summed E-state index contributed by atoms with van der Waals surface area (Å²) in [6, 6.07) is 1.89. The highest BCUT2D eigenvalue weighted by Crippen LogP contribution is 2.26. The van der Waals surface area contributed by atoms with Gasteiger partial charge >= 0.3 is 0 Å². The van der Waals surface area contributed by atoms with E-state index in [0.717, 1.165) is 24.5 Å². The standard InChI is InChI=1S/C13H14N4OS/c1-9-2-4-15-12(16-9)10-3-5-17(7-10)13(18)11-6-14-8-19-11/h2,4,6,8,10H,3,5,7H2,1H3/t10-/m1/s1. The van der Waals surface area contributed by atoms with Crippen molar-refractivity contribution < 1.29 is 4.79 Å². The van der Waals surface area contributed by atoms with Gasteiger partial charge in [0.2, 0.25) is 0 Å². The van der Waals surface area contributed by atoms with Gasteiger partial charge in [0, 0.05) is 30.9 Å². The van der Waals surface area contributed by atoms with Gasteiger partial charge in [0.15, 0.2) is 0 Å². The van der Waals surface area contributed by atoms with Crippen LogP contribution < -0.4 is 0 Å². The molecule has 98 valence electrons. The van der Waals surface area contributed by atoms with Crippen LogP contribution >= 0.6 is 11.3 Å². The van der Waals surface area contributed by atoms with Crippen LogP contribution in [0.25, 0.3) is 0 Å². The molecule has 0 radical (unpaired) electrons. The van der Waals surface area contributed by atoms with Gasteiger partial charge in [0.1, 0.15) is 10.7 Å². The van der Waals surface area contributed by atoms with Crippen molar-refractivity contribution in [2.75, 3.05) is 13.1 Å². The van der Waals surface area contributed by atoms with Crippen molar-refractivity contribution in [1.82, 2.24) is 19.9 Å². The Morgan fingerprint density at radius 1 is 1.53 bits per heavy atom. The first-order valence-electron chi connectivity index (χ1n) is 6.21. The number of likely N-dealkylation sites (tertiary alicyclic amines) is 1. The summed E-state index contributed by atoms with van der Waals surface area (Å²) >= 11 is 1.38. The predicted octanol–water partition coefficient (Wildman–Crippen LogP) is 1.87. The molecule has 0 N–H and O–H groups in total. The van der Waals surface area contributed by atoms with E-state index in [9.17, 15) is 4.79 Å². The third kappa shape index (κ3) is 2.49. The quantitative estimate of drug-likeness (QED) is 0.839. The molecule has 1 atom stereocenters. The third-order valence-corrected chi connectivity index (χ3v) is 4.06. The molecule has 0 saturated carbocycles. The van der Waals surface area contributed by atoms with Crippen LogP contribution in [0, 0.1) is 6.92 Å². The van der Waals surface area contributed by atoms with Gasteiger partial charge in [-0.05, 0) is 19.4 Å². The molecule has 6 heteroatoms. The van der Waals surface area contributed by atoms with Gasteiger partial charge in [-0.25, -0.2) is 9.97 Å². The maximum absolute atomic E-state index is 12.2. The van der Waals surface area contributed by atoms with Crippen molar-refractivity contribution in [2.24, 2.45) is 0 Å². The Kier molecular flexibility index (Phi) is 3.25. The van der Waals surface area contributed by atoms with Crippen molar-refractivity contribution >= 4 is 17.2 Å². The van der Waals surface area contributed by atoms with Crippen molar-refractivity contribution in [3.05, 3.63) is 40.4 Å². The number of thiazole rings is 1. The van der Waals surface area contributed by atoms with Gasteiger partial charge in [-0.3, -0.25) is 9.78 Å². The number of amides is 1. The van der Waals surface area contributed by atoms with Gasteiger partial charge in [0.25, 0.3) is 5.91 Å². The molecule has 1 saturated heterocycles. The second kappa shape index (κ2) is 5.05. The lowest BCUT2D eigenvalue weighted by Gasteiger charge is -2.14. The largest absolute Gasteiger partial charge is 0.337 e. The first-order chi connectivity index (χ1) is 9.24. The predicted molar refractivity (Wildman–Crippen MR) is 72.1 cm³/mol. The molecule has 0 aromatic carbocycles. The minimum atomic E-state index is 0.0673. The Balaban J connectivity index is 1.72. The molecule has 0 aliphatic carbocycles. The van der Waals surface area contributed by atoms with Crippen LogP contribution in [0.3, 0.4) is 0 Å². The van der Waals surface area contributed by atoms with Gasteiger partial charge in [-0.15, -0.1) is 11.3 Å². The van der Waals surface area contributed by atoms with Gasteiger partial charge in [0.05, 0.1) is 11.7 Å². The summed E-state index contributed by atoms with van der Waals surface area (Å²) in [5.74, 6) is 1.16. The molecule has 1 aliphatic rings. The highest BCUT2D eigenvalue weighted by Gasteiger charge is 2.30. The van der Waals surface area contributed by atoms with E-state index in [0.29, 0.717) is 11.4 Å². The highest BCUT2D eigenvalue weighted by atomic mass is 32.1. The topological polar surface area (TPSA) is 59.0 Å². The molecular formula is C13H14N4OS. The van der Waals surface area contributed by atoms with Gasteiger partial charge in [-0.1, -0.05) is 0 Å². The maximum Gasteiger partial charge on any atom is 0.265 e. The molecule has 0 bridgehead atoms. The summed E-state index contributed by atoms with van der Waals surface area (Å²) in [7, 11) is 0. The van der Waals surface area contributed by atoms with Crippen LogP contribution in [-0.4, -0.2) is 38.8 Å². The minimum Gasteiger partial charge on any atom is -0.337 e. The molecule has 0 unspecified atom stereocenters. The number of aromatic nitrogens is 3. The molecule has 0 spiro atoms. The number of carbonyl (C=O) groups excluding carboxylic acids is 1. The van der Waals surface area contributed by atoms with Crippen molar-refractivity contribution in [1.29, 1.82) is 0 Å². The normalized spacial score (nSPS) is 18.8. The fraction of sp³-hybridized carbons (Fsp3) is 0.385. The number of rotatable bonds is 2. The van der Waals surface area contributed by atoms with Crippen LogP contribution in [0.4, 0.5) is 0 Å². The first kappa shape index (κ1) is 12.2. The van der Waals surface area contributed by atoms with Gasteiger partial charge in [-0.2, -0.15) is 0 Å². The Morgan fingerprint density at radius 2 is 2.42 bits per heavy atom. The Morgan fingerprint density at radius 3 is 3.16 bits per heavy atom. The SMILES string of the molecule is Cc1ccnc([C@@H]2CCN(C(=O)c3cncs3)C2)n1. The van der Waals surface area contributed by atoms with Crippen LogP contribution in [-0.2, 0) is 0 Å². The third-order valence-electron chi connectivity index (χ3n) is 3.30. The minimum absolute atomic E-state index is 0.0673. The molecule has 2 aromatic heterocycles. The number of hydrogen-bond donors (Lipinski definition) is 0. The molecule has 3 rings (SSSR count). The molecule has 1 amide bonds. The summed E-state index contributed by atoms with van der Waals surface area (Å²) < 4.78 is 0. The maximum atomic E-state index is 12.2.